The molecule has 2 unspecified atom stereocenters. The molecule has 0 radical (unpaired) electrons. The third kappa shape index (κ3) is 3.37. The summed E-state index contributed by atoms with van der Waals surface area (Å²) in [6.07, 6.45) is 0. The highest BCUT2D eigenvalue weighted by atomic mass is 35.5. The minimum atomic E-state index is -3.19. The first-order valence-corrected chi connectivity index (χ1v) is 10.7. The highest BCUT2D eigenvalue weighted by molar-refractivity contribution is 7.91. The first-order valence-electron chi connectivity index (χ1n) is 8.49. The Hall–Kier alpha value is -1.89. The maximum absolute atomic E-state index is 12.9. The molecule has 0 N–H and O–H groups in total. The number of amides is 1. The first kappa shape index (κ1) is 17.5. The maximum Gasteiger partial charge on any atom is 0.241 e. The van der Waals surface area contributed by atoms with Crippen molar-refractivity contribution in [1.82, 2.24) is 4.90 Å². The molecule has 26 heavy (non-hydrogen) atoms. The van der Waals surface area contributed by atoms with E-state index in [-0.39, 0.29) is 36.0 Å². The normalized spacial score (nSPS) is 25.3. The van der Waals surface area contributed by atoms with E-state index in [9.17, 15) is 13.2 Å². The number of hydrogen-bond donors (Lipinski definition) is 0. The topological polar surface area (TPSA) is 57.7 Å². The summed E-state index contributed by atoms with van der Waals surface area (Å²) in [4.78, 5) is 16.5. The smallest absolute Gasteiger partial charge is 0.241 e. The maximum atomic E-state index is 12.9. The van der Waals surface area contributed by atoms with E-state index in [4.69, 9.17) is 11.6 Å². The summed E-state index contributed by atoms with van der Waals surface area (Å²) in [6, 6.07) is 16.2. The van der Waals surface area contributed by atoms with Gasteiger partial charge in [0.25, 0.3) is 0 Å². The largest absolute Gasteiger partial charge is 0.306 e. The number of rotatable bonds is 3. The van der Waals surface area contributed by atoms with Crippen LogP contribution in [0.1, 0.15) is 5.56 Å². The van der Waals surface area contributed by atoms with E-state index in [0.717, 1.165) is 5.56 Å². The van der Waals surface area contributed by atoms with Gasteiger partial charge in [-0.15, -0.1) is 0 Å². The monoisotopic (exact) mass is 390 g/mol. The summed E-state index contributed by atoms with van der Waals surface area (Å²) in [7, 11) is -3.19. The second-order valence-corrected chi connectivity index (χ2v) is 9.43. The lowest BCUT2D eigenvalue weighted by molar-refractivity contribution is -0.123. The Labute approximate surface area is 158 Å². The molecule has 136 valence electrons. The Balaban J connectivity index is 1.67. The zero-order valence-electron chi connectivity index (χ0n) is 14.1. The van der Waals surface area contributed by atoms with Gasteiger partial charge in [-0.05, 0) is 29.8 Å². The molecule has 0 aromatic heterocycles. The standard InChI is InChI=1S/C19H19ClN2O3S/c20-15-6-8-16(9-7-15)22-18-13-26(24,25)12-17(18)21(11-19(22)23)10-14-4-2-1-3-5-14/h1-9,17-18H,10-13H2. The van der Waals surface area contributed by atoms with Gasteiger partial charge < -0.3 is 4.90 Å². The number of fused-ring (bicyclic) bond motifs is 1. The average Bonchev–Trinajstić information content (AvgIpc) is 2.92. The molecular weight excluding hydrogens is 372 g/mol. The van der Waals surface area contributed by atoms with Crippen LogP contribution in [0.4, 0.5) is 5.69 Å². The molecule has 5 nitrogen and oxygen atoms in total. The van der Waals surface area contributed by atoms with E-state index in [1.54, 1.807) is 29.2 Å². The van der Waals surface area contributed by atoms with Gasteiger partial charge >= 0.3 is 0 Å². The molecule has 4 rings (SSSR count). The molecule has 7 heteroatoms. The molecule has 2 fully saturated rings. The van der Waals surface area contributed by atoms with Crippen molar-refractivity contribution in [3.05, 3.63) is 65.2 Å². The lowest BCUT2D eigenvalue weighted by Crippen LogP contribution is -2.61. The number of piperazine rings is 1. The molecule has 0 aliphatic carbocycles. The van der Waals surface area contributed by atoms with Gasteiger partial charge in [0.15, 0.2) is 9.84 Å². The van der Waals surface area contributed by atoms with E-state index in [0.29, 0.717) is 17.3 Å². The summed E-state index contributed by atoms with van der Waals surface area (Å²) in [5.74, 6) is 0.000684. The van der Waals surface area contributed by atoms with E-state index >= 15 is 0 Å². The summed E-state index contributed by atoms with van der Waals surface area (Å²) in [6.45, 7) is 0.770. The Morgan fingerprint density at radius 2 is 1.62 bits per heavy atom. The van der Waals surface area contributed by atoms with E-state index in [1.807, 2.05) is 35.2 Å². The van der Waals surface area contributed by atoms with Crippen LogP contribution in [-0.4, -0.2) is 49.4 Å². The van der Waals surface area contributed by atoms with Gasteiger partial charge in [-0.2, -0.15) is 0 Å². The Morgan fingerprint density at radius 1 is 0.962 bits per heavy atom. The van der Waals surface area contributed by atoms with Crippen molar-refractivity contribution in [2.24, 2.45) is 0 Å². The fourth-order valence-corrected chi connectivity index (χ4v) is 5.99. The second kappa shape index (κ2) is 6.68. The number of anilines is 1. The summed E-state index contributed by atoms with van der Waals surface area (Å²) >= 11 is 5.95. The van der Waals surface area contributed by atoms with Crippen LogP contribution >= 0.6 is 11.6 Å². The van der Waals surface area contributed by atoms with Gasteiger partial charge in [0, 0.05) is 23.3 Å². The number of sulfone groups is 1. The fourth-order valence-electron chi connectivity index (χ4n) is 3.89. The number of carbonyl (C=O) groups is 1. The van der Waals surface area contributed by atoms with Crippen molar-refractivity contribution in [3.8, 4) is 0 Å². The van der Waals surface area contributed by atoms with E-state index in [1.165, 1.54) is 0 Å². The predicted octanol–water partition coefficient (Wildman–Crippen LogP) is 2.35. The van der Waals surface area contributed by atoms with Crippen molar-refractivity contribution in [3.63, 3.8) is 0 Å². The van der Waals surface area contributed by atoms with Crippen LogP contribution in [0.25, 0.3) is 0 Å². The van der Waals surface area contributed by atoms with Crippen LogP contribution in [0.2, 0.25) is 5.02 Å². The van der Waals surface area contributed by atoms with Gasteiger partial charge in [0.2, 0.25) is 5.91 Å². The quantitative estimate of drug-likeness (QED) is 0.807. The van der Waals surface area contributed by atoms with Gasteiger partial charge in [0.05, 0.1) is 24.1 Å². The number of nitrogens with zero attached hydrogens (tertiary/aromatic N) is 2. The van der Waals surface area contributed by atoms with Crippen LogP contribution < -0.4 is 4.90 Å². The SMILES string of the molecule is O=C1CN(Cc2ccccc2)C2CS(=O)(=O)CC2N1c1ccc(Cl)cc1. The van der Waals surface area contributed by atoms with Crippen LogP contribution in [0.3, 0.4) is 0 Å². The fraction of sp³-hybridized carbons (Fsp3) is 0.316. The zero-order chi connectivity index (χ0) is 18.3. The van der Waals surface area contributed by atoms with Crippen molar-refractivity contribution < 1.29 is 13.2 Å². The summed E-state index contributed by atoms with van der Waals surface area (Å²) in [5.41, 5.74) is 1.77. The zero-order valence-corrected chi connectivity index (χ0v) is 15.7. The third-order valence-electron chi connectivity index (χ3n) is 5.03. The van der Waals surface area contributed by atoms with Gasteiger partial charge in [-0.1, -0.05) is 41.9 Å². The van der Waals surface area contributed by atoms with Crippen LogP contribution in [0.15, 0.2) is 54.6 Å². The minimum absolute atomic E-state index is 0.00266. The molecular formula is C19H19ClN2O3S. The lowest BCUT2D eigenvalue weighted by atomic mass is 10.0. The third-order valence-corrected chi connectivity index (χ3v) is 6.99. The molecule has 2 aliphatic heterocycles. The minimum Gasteiger partial charge on any atom is -0.306 e. The molecule has 2 aromatic rings. The predicted molar refractivity (Wildman–Crippen MR) is 102 cm³/mol. The Bertz CT molecular complexity index is 916. The van der Waals surface area contributed by atoms with Gasteiger partial charge in [0.1, 0.15) is 0 Å². The highest BCUT2D eigenvalue weighted by Crippen LogP contribution is 2.32. The molecule has 2 aromatic carbocycles. The molecule has 2 heterocycles. The van der Waals surface area contributed by atoms with Crippen LogP contribution in [0, 0.1) is 0 Å². The molecule has 1 amide bonds. The lowest BCUT2D eigenvalue weighted by Gasteiger charge is -2.43. The molecule has 2 atom stereocenters. The van der Waals surface area contributed by atoms with Crippen molar-refractivity contribution >= 4 is 33.0 Å². The molecule has 0 bridgehead atoms. The van der Waals surface area contributed by atoms with E-state index < -0.39 is 9.84 Å². The van der Waals surface area contributed by atoms with E-state index in [2.05, 4.69) is 0 Å². The van der Waals surface area contributed by atoms with Crippen molar-refractivity contribution in [2.75, 3.05) is 23.0 Å². The van der Waals surface area contributed by atoms with Gasteiger partial charge in [-0.25, -0.2) is 8.42 Å². The summed E-state index contributed by atoms with van der Waals surface area (Å²) in [5, 5.41) is 0.583. The number of hydrogen-bond acceptors (Lipinski definition) is 4. The van der Waals surface area contributed by atoms with Crippen molar-refractivity contribution in [1.29, 1.82) is 0 Å². The Morgan fingerprint density at radius 3 is 2.31 bits per heavy atom. The summed E-state index contributed by atoms with van der Waals surface area (Å²) < 4.78 is 24.7. The Kier molecular flexibility index (Phi) is 4.50. The number of halogens is 1. The highest BCUT2D eigenvalue weighted by Gasteiger charge is 2.49. The molecule has 2 saturated heterocycles. The second-order valence-electron chi connectivity index (χ2n) is 6.84. The first-order chi connectivity index (χ1) is 12.4. The van der Waals surface area contributed by atoms with Crippen LogP contribution in [0.5, 0.6) is 0 Å². The number of benzene rings is 2. The molecule has 0 spiro atoms. The molecule has 0 saturated carbocycles. The van der Waals surface area contributed by atoms with Crippen LogP contribution in [-0.2, 0) is 21.2 Å². The molecule has 2 aliphatic rings. The average molecular weight is 391 g/mol. The van der Waals surface area contributed by atoms with Crippen molar-refractivity contribution in [2.45, 2.75) is 18.6 Å². The van der Waals surface area contributed by atoms with Gasteiger partial charge in [-0.3, -0.25) is 9.69 Å². The number of carbonyl (C=O) groups excluding carboxylic acids is 1.